The highest BCUT2D eigenvalue weighted by molar-refractivity contribution is 5.98. The van der Waals surface area contributed by atoms with Crippen LogP contribution >= 0.6 is 0 Å². The van der Waals surface area contributed by atoms with Crippen molar-refractivity contribution in [3.8, 4) is 11.5 Å². The number of aromatic nitrogens is 1. The lowest BCUT2D eigenvalue weighted by molar-refractivity contribution is 0.0726. The number of para-hydroxylation sites is 1. The molecule has 134 valence electrons. The van der Waals surface area contributed by atoms with Gasteiger partial charge in [-0.05, 0) is 54.1 Å². The van der Waals surface area contributed by atoms with Gasteiger partial charge in [0.05, 0.1) is 19.8 Å². The van der Waals surface area contributed by atoms with E-state index in [1.807, 2.05) is 23.2 Å². The molecule has 1 N–H and O–H groups in total. The first-order valence-electron chi connectivity index (χ1n) is 8.79. The second-order valence-corrected chi connectivity index (χ2v) is 6.60. The van der Waals surface area contributed by atoms with E-state index in [2.05, 4.69) is 23.2 Å². The fraction of sp³-hybridized carbons (Fsp3) is 0.286. The summed E-state index contributed by atoms with van der Waals surface area (Å²) in [5.74, 6) is 1.05. The standard InChI is InChI=1S/C21H22N2O3/c1-25-19-5-3-4-17(20(19)26-2)21(24)23(16-7-8-16)13-14-6-9-18-15(12-14)10-11-22-18/h3-6,9-12,16,22H,7-8,13H2,1-2H3. The minimum atomic E-state index is -0.0163. The second-order valence-electron chi connectivity index (χ2n) is 6.60. The number of fused-ring (bicyclic) bond motifs is 1. The lowest BCUT2D eigenvalue weighted by Gasteiger charge is -2.24. The Morgan fingerprint density at radius 3 is 2.73 bits per heavy atom. The van der Waals surface area contributed by atoms with Crippen LogP contribution in [0.5, 0.6) is 11.5 Å². The molecule has 2 aromatic carbocycles. The fourth-order valence-corrected chi connectivity index (χ4v) is 3.36. The average molecular weight is 350 g/mol. The van der Waals surface area contributed by atoms with E-state index in [0.717, 1.165) is 29.3 Å². The normalized spacial score (nSPS) is 13.6. The molecule has 0 unspecified atom stereocenters. The van der Waals surface area contributed by atoms with Crippen molar-refractivity contribution >= 4 is 16.8 Å². The maximum atomic E-state index is 13.3. The molecule has 4 rings (SSSR count). The molecule has 5 nitrogen and oxygen atoms in total. The molecule has 0 radical (unpaired) electrons. The number of nitrogens with one attached hydrogen (secondary N) is 1. The molecule has 1 amide bonds. The largest absolute Gasteiger partial charge is 0.493 e. The molecule has 0 saturated heterocycles. The third-order valence-electron chi connectivity index (χ3n) is 4.85. The van der Waals surface area contributed by atoms with E-state index in [-0.39, 0.29) is 5.91 Å². The van der Waals surface area contributed by atoms with E-state index >= 15 is 0 Å². The van der Waals surface area contributed by atoms with E-state index in [0.29, 0.717) is 29.6 Å². The summed E-state index contributed by atoms with van der Waals surface area (Å²) in [6.07, 6.45) is 4.02. The van der Waals surface area contributed by atoms with E-state index in [4.69, 9.17) is 9.47 Å². The van der Waals surface area contributed by atoms with Crippen molar-refractivity contribution in [3.63, 3.8) is 0 Å². The van der Waals surface area contributed by atoms with Crippen LogP contribution in [0.25, 0.3) is 10.9 Å². The van der Waals surface area contributed by atoms with Crippen molar-refractivity contribution in [3.05, 3.63) is 59.8 Å². The topological polar surface area (TPSA) is 54.6 Å². The Morgan fingerprint density at radius 2 is 2.00 bits per heavy atom. The van der Waals surface area contributed by atoms with Crippen LogP contribution < -0.4 is 9.47 Å². The van der Waals surface area contributed by atoms with E-state index < -0.39 is 0 Å². The quantitative estimate of drug-likeness (QED) is 0.731. The van der Waals surface area contributed by atoms with Crippen molar-refractivity contribution in [2.75, 3.05) is 14.2 Å². The van der Waals surface area contributed by atoms with Crippen LogP contribution in [-0.4, -0.2) is 36.1 Å². The molecule has 1 aliphatic carbocycles. The third kappa shape index (κ3) is 3.01. The Morgan fingerprint density at radius 1 is 1.15 bits per heavy atom. The van der Waals surface area contributed by atoms with Crippen LogP contribution in [-0.2, 0) is 6.54 Å². The number of aromatic amines is 1. The van der Waals surface area contributed by atoms with Gasteiger partial charge in [0.25, 0.3) is 5.91 Å². The first kappa shape index (κ1) is 16.5. The van der Waals surface area contributed by atoms with Gasteiger partial charge in [-0.15, -0.1) is 0 Å². The van der Waals surface area contributed by atoms with Crippen molar-refractivity contribution in [1.29, 1.82) is 0 Å². The predicted octanol–water partition coefficient (Wildman–Crippen LogP) is 3.99. The fourth-order valence-electron chi connectivity index (χ4n) is 3.36. The molecule has 1 heterocycles. The van der Waals surface area contributed by atoms with Crippen LogP contribution in [0, 0.1) is 0 Å². The summed E-state index contributed by atoms with van der Waals surface area (Å²) in [6, 6.07) is 14.0. The predicted molar refractivity (Wildman–Crippen MR) is 101 cm³/mol. The van der Waals surface area contributed by atoms with Crippen LogP contribution in [0.2, 0.25) is 0 Å². The summed E-state index contributed by atoms with van der Waals surface area (Å²) < 4.78 is 10.8. The van der Waals surface area contributed by atoms with E-state index in [1.165, 1.54) is 0 Å². The molecular formula is C21H22N2O3. The van der Waals surface area contributed by atoms with Gasteiger partial charge in [-0.1, -0.05) is 12.1 Å². The number of nitrogens with zero attached hydrogens (tertiary/aromatic N) is 1. The highest BCUT2D eigenvalue weighted by Crippen LogP contribution is 2.35. The third-order valence-corrected chi connectivity index (χ3v) is 4.85. The monoisotopic (exact) mass is 350 g/mol. The highest BCUT2D eigenvalue weighted by atomic mass is 16.5. The molecule has 0 aliphatic heterocycles. The number of carbonyl (C=O) groups excluding carboxylic acids is 1. The van der Waals surface area contributed by atoms with Gasteiger partial charge in [-0.2, -0.15) is 0 Å². The van der Waals surface area contributed by atoms with Crippen LogP contribution in [0.3, 0.4) is 0 Å². The summed E-state index contributed by atoms with van der Waals surface area (Å²) in [7, 11) is 3.15. The van der Waals surface area contributed by atoms with E-state index in [9.17, 15) is 4.79 Å². The zero-order valence-corrected chi connectivity index (χ0v) is 15.0. The SMILES string of the molecule is COc1cccc(C(=O)N(Cc2ccc3[nH]ccc3c2)C2CC2)c1OC. The molecule has 1 aromatic heterocycles. The molecule has 5 heteroatoms. The van der Waals surface area contributed by atoms with Crippen molar-refractivity contribution in [1.82, 2.24) is 9.88 Å². The molecule has 0 atom stereocenters. The van der Waals surface area contributed by atoms with Gasteiger partial charge >= 0.3 is 0 Å². The van der Waals surface area contributed by atoms with Crippen molar-refractivity contribution < 1.29 is 14.3 Å². The molecular weight excluding hydrogens is 328 g/mol. The molecule has 1 saturated carbocycles. The van der Waals surface area contributed by atoms with E-state index in [1.54, 1.807) is 26.4 Å². The van der Waals surface area contributed by atoms with Crippen molar-refractivity contribution in [2.45, 2.75) is 25.4 Å². The zero-order valence-electron chi connectivity index (χ0n) is 15.0. The Hall–Kier alpha value is -2.95. The number of H-pyrrole nitrogens is 1. The zero-order chi connectivity index (χ0) is 18.1. The van der Waals surface area contributed by atoms with Gasteiger partial charge in [0.2, 0.25) is 0 Å². The number of amides is 1. The average Bonchev–Trinajstić information content (AvgIpc) is 3.41. The molecule has 26 heavy (non-hydrogen) atoms. The first-order chi connectivity index (χ1) is 12.7. The van der Waals surface area contributed by atoms with Crippen LogP contribution in [0.4, 0.5) is 0 Å². The second kappa shape index (κ2) is 6.75. The minimum absolute atomic E-state index is 0.0163. The summed E-state index contributed by atoms with van der Waals surface area (Å²) >= 11 is 0. The van der Waals surface area contributed by atoms with Gasteiger partial charge in [0.15, 0.2) is 11.5 Å². The minimum Gasteiger partial charge on any atom is -0.493 e. The number of rotatable bonds is 6. The van der Waals surface area contributed by atoms with Gasteiger partial charge in [0.1, 0.15) is 0 Å². The van der Waals surface area contributed by atoms with Gasteiger partial charge in [0, 0.05) is 24.3 Å². The first-order valence-corrected chi connectivity index (χ1v) is 8.79. The lowest BCUT2D eigenvalue weighted by Crippen LogP contribution is -2.32. The summed E-state index contributed by atoms with van der Waals surface area (Å²) in [4.78, 5) is 18.4. The highest BCUT2D eigenvalue weighted by Gasteiger charge is 2.34. The Labute approximate surface area is 152 Å². The van der Waals surface area contributed by atoms with Gasteiger partial charge in [-0.3, -0.25) is 4.79 Å². The summed E-state index contributed by atoms with van der Waals surface area (Å²) in [6.45, 7) is 0.588. The molecule has 1 fully saturated rings. The molecule has 3 aromatic rings. The number of benzene rings is 2. The van der Waals surface area contributed by atoms with Gasteiger partial charge < -0.3 is 19.4 Å². The van der Waals surface area contributed by atoms with Crippen molar-refractivity contribution in [2.24, 2.45) is 0 Å². The molecule has 1 aliphatic rings. The number of hydrogen-bond donors (Lipinski definition) is 1. The van der Waals surface area contributed by atoms with Gasteiger partial charge in [-0.25, -0.2) is 0 Å². The number of ether oxygens (including phenoxy) is 2. The number of hydrogen-bond acceptors (Lipinski definition) is 3. The van der Waals surface area contributed by atoms with Crippen LogP contribution in [0.15, 0.2) is 48.7 Å². The maximum Gasteiger partial charge on any atom is 0.258 e. The number of carbonyl (C=O) groups is 1. The maximum absolute atomic E-state index is 13.3. The number of methoxy groups -OCH3 is 2. The lowest BCUT2D eigenvalue weighted by atomic mass is 10.1. The Bertz CT molecular complexity index is 943. The molecule has 0 bridgehead atoms. The Kier molecular flexibility index (Phi) is 4.29. The molecule has 0 spiro atoms. The van der Waals surface area contributed by atoms with Crippen LogP contribution in [0.1, 0.15) is 28.8 Å². The smallest absolute Gasteiger partial charge is 0.258 e. The Balaban J connectivity index is 1.65. The summed E-state index contributed by atoms with van der Waals surface area (Å²) in [5, 5.41) is 1.16. The summed E-state index contributed by atoms with van der Waals surface area (Å²) in [5.41, 5.74) is 2.77.